The first-order chi connectivity index (χ1) is 7.38. The maximum absolute atomic E-state index is 10.4. The van der Waals surface area contributed by atoms with Gasteiger partial charge in [-0.1, -0.05) is 4.91 Å². The van der Waals surface area contributed by atoms with E-state index in [4.69, 9.17) is 16.6 Å². The van der Waals surface area contributed by atoms with Crippen LogP contribution in [0.1, 0.15) is 0 Å². The van der Waals surface area contributed by atoms with E-state index >= 15 is 0 Å². The second-order valence-corrected chi connectivity index (χ2v) is 6.27. The lowest BCUT2D eigenvalue weighted by Gasteiger charge is -2.08. The average molecular weight is 269 g/mol. The number of hydrogen-bond donors (Lipinski definition) is 3. The molecule has 1 unspecified atom stereocenters. The summed E-state index contributed by atoms with van der Waals surface area (Å²) in [7, 11) is -0.347. The second kappa shape index (κ2) is 7.44. The van der Waals surface area contributed by atoms with Crippen LogP contribution in [0, 0.1) is 4.91 Å². The zero-order chi connectivity index (χ0) is 12.7. The summed E-state index contributed by atoms with van der Waals surface area (Å²) in [6, 6.07) is -2.42. The van der Waals surface area contributed by atoms with Crippen LogP contribution in [-0.4, -0.2) is 40.6 Å². The van der Waals surface area contributed by atoms with Crippen LogP contribution < -0.4 is 16.6 Å². The molecule has 0 rings (SSSR count). The number of nitroso groups, excluding NO2 is 1. The van der Waals surface area contributed by atoms with Crippen molar-refractivity contribution in [3.63, 3.8) is 0 Å². The lowest BCUT2D eigenvalue weighted by molar-refractivity contribution is -0.306. The molecule has 0 aromatic heterocycles. The van der Waals surface area contributed by atoms with Crippen molar-refractivity contribution >= 4 is 32.8 Å². The highest BCUT2D eigenvalue weighted by molar-refractivity contribution is 8.73. The summed E-state index contributed by atoms with van der Waals surface area (Å²) in [6.45, 7) is 0. The Morgan fingerprint density at radius 2 is 2.00 bits per heavy atom. The van der Waals surface area contributed by atoms with Gasteiger partial charge in [-0.15, -0.1) is 0 Å². The van der Waals surface area contributed by atoms with E-state index in [1.165, 1.54) is 0 Å². The number of hydrogen-bond acceptors (Lipinski definition) is 8. The number of nitrogens with two attached hydrogens (primary N) is 2. The Hall–Kier alpha value is -0.840. The third-order valence-corrected chi connectivity index (χ3v) is 4.80. The van der Waals surface area contributed by atoms with Gasteiger partial charge < -0.3 is 26.5 Å². The van der Waals surface area contributed by atoms with Crippen LogP contribution in [0.25, 0.3) is 0 Å². The Morgan fingerprint density at radius 3 is 2.38 bits per heavy atom. The van der Waals surface area contributed by atoms with E-state index in [1.807, 2.05) is 0 Å². The Bertz CT molecular complexity index is 277. The van der Waals surface area contributed by atoms with E-state index < -0.39 is 34.1 Å². The van der Waals surface area contributed by atoms with E-state index in [1.54, 1.807) is 0 Å². The lowest BCUT2D eigenvalue weighted by Crippen LogP contribution is -2.45. The smallest absolute Gasteiger partial charge is 0.321 e. The Labute approximate surface area is 97.6 Å². The SMILES string of the molecule is N[C@H](C[S+](N=O)SC[C@@H](N)C(=O)O)C(=O)[O-]. The largest absolute Gasteiger partial charge is 0.548 e. The molecule has 5 N–H and O–H groups in total. The zero-order valence-electron chi connectivity index (χ0n) is 8.07. The van der Waals surface area contributed by atoms with Crippen molar-refractivity contribution in [1.82, 2.24) is 0 Å². The highest BCUT2D eigenvalue weighted by Gasteiger charge is 2.29. The number of carboxylic acids is 2. The van der Waals surface area contributed by atoms with Gasteiger partial charge in [0.05, 0.1) is 17.8 Å². The topological polar surface area (TPSA) is 159 Å². The lowest BCUT2D eigenvalue weighted by atomic mass is 10.4. The summed E-state index contributed by atoms with van der Waals surface area (Å²) in [5.74, 6) is -2.91. The summed E-state index contributed by atoms with van der Waals surface area (Å²) in [5.41, 5.74) is 10.3. The van der Waals surface area contributed by atoms with Crippen molar-refractivity contribution < 1.29 is 19.8 Å². The fourth-order valence-corrected chi connectivity index (χ4v) is 3.40. The van der Waals surface area contributed by atoms with Gasteiger partial charge in [0.2, 0.25) is 10.1 Å². The van der Waals surface area contributed by atoms with Crippen LogP contribution in [0.15, 0.2) is 4.58 Å². The Kier molecular flexibility index (Phi) is 7.05. The molecule has 0 aromatic rings. The van der Waals surface area contributed by atoms with Crippen molar-refractivity contribution in [2.45, 2.75) is 12.1 Å². The first-order valence-corrected chi connectivity index (χ1v) is 6.86. The molecule has 3 atom stereocenters. The number of rotatable bonds is 8. The third kappa shape index (κ3) is 5.90. The van der Waals surface area contributed by atoms with Crippen molar-refractivity contribution in [3.05, 3.63) is 4.91 Å². The minimum absolute atomic E-state index is 0.0377. The maximum atomic E-state index is 10.4. The highest BCUT2D eigenvalue weighted by Crippen LogP contribution is 2.19. The summed E-state index contributed by atoms with van der Waals surface area (Å²) >= 11 is 0. The molecule has 0 fully saturated rings. The van der Waals surface area contributed by atoms with Crippen molar-refractivity contribution in [3.8, 4) is 0 Å². The van der Waals surface area contributed by atoms with Gasteiger partial charge in [-0.3, -0.25) is 4.79 Å². The fourth-order valence-electron chi connectivity index (χ4n) is 0.545. The van der Waals surface area contributed by atoms with Gasteiger partial charge in [-0.2, -0.15) is 0 Å². The molecule has 10 heteroatoms. The summed E-state index contributed by atoms with van der Waals surface area (Å²) < 4.78 is 2.66. The quantitative estimate of drug-likeness (QED) is 0.246. The molecule has 0 aliphatic rings. The summed E-state index contributed by atoms with van der Waals surface area (Å²) in [5, 5.41) is 18.8. The first kappa shape index (κ1) is 15.2. The Morgan fingerprint density at radius 1 is 1.44 bits per heavy atom. The van der Waals surface area contributed by atoms with Gasteiger partial charge in [0.15, 0.2) is 10.3 Å². The average Bonchev–Trinajstić information content (AvgIpc) is 2.22. The van der Waals surface area contributed by atoms with Crippen molar-refractivity contribution in [2.24, 2.45) is 16.0 Å². The molecule has 0 radical (unpaired) electrons. The molecule has 8 nitrogen and oxygen atoms in total. The molecule has 92 valence electrons. The summed E-state index contributed by atoms with van der Waals surface area (Å²) in [6.07, 6.45) is 0. The third-order valence-electron chi connectivity index (χ3n) is 1.41. The van der Waals surface area contributed by atoms with Crippen LogP contribution in [-0.2, 0) is 19.7 Å². The Balaban J connectivity index is 4.06. The number of carbonyl (C=O) groups is 2. The predicted molar refractivity (Wildman–Crippen MR) is 59.1 cm³/mol. The zero-order valence-corrected chi connectivity index (χ0v) is 9.70. The molecule has 0 aliphatic heterocycles. The van der Waals surface area contributed by atoms with Gasteiger partial charge in [0.1, 0.15) is 16.8 Å². The monoisotopic (exact) mass is 269 g/mol. The molecule has 16 heavy (non-hydrogen) atoms. The molecular weight excluding hydrogens is 258 g/mol. The predicted octanol–water partition coefficient (Wildman–Crippen LogP) is -2.58. The first-order valence-electron chi connectivity index (χ1n) is 4.01. The molecule has 0 aliphatic carbocycles. The number of carbonyl (C=O) groups excluding carboxylic acids is 1. The number of aliphatic carboxylic acids is 2. The van der Waals surface area contributed by atoms with Crippen LogP contribution in [0.2, 0.25) is 0 Å². The molecule has 0 heterocycles. The summed E-state index contributed by atoms with van der Waals surface area (Å²) in [4.78, 5) is 31.0. The molecule has 0 spiro atoms. The van der Waals surface area contributed by atoms with Gasteiger partial charge in [0.25, 0.3) is 0 Å². The molecule has 0 saturated carbocycles. The molecule has 0 bridgehead atoms. The van der Waals surface area contributed by atoms with Crippen molar-refractivity contribution in [2.75, 3.05) is 11.5 Å². The van der Waals surface area contributed by atoms with Crippen molar-refractivity contribution in [1.29, 1.82) is 0 Å². The normalized spacial score (nSPS) is 16.1. The van der Waals surface area contributed by atoms with Crippen LogP contribution >= 0.6 is 10.8 Å². The van der Waals surface area contributed by atoms with Gasteiger partial charge >= 0.3 is 5.97 Å². The number of nitrogens with zero attached hydrogens (tertiary/aromatic N) is 1. The maximum Gasteiger partial charge on any atom is 0.321 e. The van der Waals surface area contributed by atoms with E-state index in [-0.39, 0.29) is 11.5 Å². The molecular formula is C6H11N3O5S2. The molecule has 0 aromatic carbocycles. The highest BCUT2D eigenvalue weighted by atomic mass is 33.1. The van der Waals surface area contributed by atoms with E-state index in [0.717, 1.165) is 10.8 Å². The van der Waals surface area contributed by atoms with E-state index in [9.17, 15) is 19.6 Å². The fraction of sp³-hybridized carbons (Fsp3) is 0.667. The minimum Gasteiger partial charge on any atom is -0.548 e. The minimum atomic E-state index is -1.48. The van der Waals surface area contributed by atoms with E-state index in [2.05, 4.69) is 4.58 Å². The van der Waals surface area contributed by atoms with Crippen LogP contribution in [0.3, 0.4) is 0 Å². The van der Waals surface area contributed by atoms with Crippen LogP contribution in [0.4, 0.5) is 0 Å². The van der Waals surface area contributed by atoms with Gasteiger partial charge in [0, 0.05) is 0 Å². The standard InChI is InChI=1S/C6H11N3O5S2/c7-3(5(10)11)1-15-16(9-14)2-4(8)6(12)13/h3-4H,1-2,7-8H2,(H-,10,11,12,13)/t3-,4-,16?/m1/s1. The van der Waals surface area contributed by atoms with Gasteiger partial charge in [-0.05, 0) is 0 Å². The second-order valence-electron chi connectivity index (χ2n) is 2.72. The van der Waals surface area contributed by atoms with E-state index in [0.29, 0.717) is 0 Å². The molecule has 0 amide bonds. The molecule has 0 saturated heterocycles. The number of carboxylic acid groups (broad SMARTS) is 2. The van der Waals surface area contributed by atoms with Crippen LogP contribution in [0.5, 0.6) is 0 Å². The van der Waals surface area contributed by atoms with Gasteiger partial charge in [-0.25, -0.2) is 0 Å².